The van der Waals surface area contributed by atoms with Crippen LogP contribution in [-0.4, -0.2) is 35.0 Å². The van der Waals surface area contributed by atoms with Gasteiger partial charge in [0.15, 0.2) is 0 Å². The quantitative estimate of drug-likeness (QED) is 0.748. The Labute approximate surface area is 117 Å². The van der Waals surface area contributed by atoms with Crippen molar-refractivity contribution in [3.05, 3.63) is 34.9 Å². The van der Waals surface area contributed by atoms with E-state index in [1.165, 1.54) is 11.8 Å². The second-order valence-electron chi connectivity index (χ2n) is 4.40. The number of rotatable bonds is 7. The summed E-state index contributed by atoms with van der Waals surface area (Å²) in [5.74, 6) is -0.158. The molecule has 0 atom stereocenters. The summed E-state index contributed by atoms with van der Waals surface area (Å²) in [5, 5.41) is 11.3. The minimum atomic E-state index is -0.827. The average molecular weight is 281 g/mol. The number of amides is 1. The standard InChI is InChI=1S/C14H19NO3S/c1-10-3-4-11(2)12(7-10)8-13(16)15-5-6-19-9-14(17)18/h3-4,7H,5-6,8-9H2,1-2H3,(H,15,16)(H,17,18). The summed E-state index contributed by atoms with van der Waals surface area (Å²) in [6.07, 6.45) is 0.372. The molecule has 1 rings (SSSR count). The summed E-state index contributed by atoms with van der Waals surface area (Å²) < 4.78 is 0. The van der Waals surface area contributed by atoms with Crippen LogP contribution in [0, 0.1) is 13.8 Å². The molecule has 0 saturated heterocycles. The average Bonchev–Trinajstić information content (AvgIpc) is 2.33. The molecule has 0 aliphatic heterocycles. The first-order valence-corrected chi connectivity index (χ1v) is 7.27. The molecule has 5 heteroatoms. The van der Waals surface area contributed by atoms with Crippen molar-refractivity contribution in [2.75, 3.05) is 18.1 Å². The molecule has 19 heavy (non-hydrogen) atoms. The van der Waals surface area contributed by atoms with Crippen LogP contribution in [-0.2, 0) is 16.0 Å². The molecule has 0 aromatic heterocycles. The van der Waals surface area contributed by atoms with E-state index in [4.69, 9.17) is 5.11 Å². The predicted octanol–water partition coefficient (Wildman–Crippen LogP) is 1.78. The highest BCUT2D eigenvalue weighted by molar-refractivity contribution is 7.99. The fourth-order valence-corrected chi connectivity index (χ4v) is 2.21. The molecule has 0 aliphatic rings. The molecule has 0 bridgehead atoms. The summed E-state index contributed by atoms with van der Waals surface area (Å²) in [6, 6.07) is 6.06. The summed E-state index contributed by atoms with van der Waals surface area (Å²) >= 11 is 1.30. The van der Waals surface area contributed by atoms with Gasteiger partial charge in [-0.3, -0.25) is 9.59 Å². The molecule has 0 fully saturated rings. The maximum atomic E-state index is 11.7. The molecule has 0 saturated carbocycles. The van der Waals surface area contributed by atoms with E-state index in [0.717, 1.165) is 16.7 Å². The SMILES string of the molecule is Cc1ccc(C)c(CC(=O)NCCSCC(=O)O)c1. The number of carboxylic acid groups (broad SMARTS) is 1. The van der Waals surface area contributed by atoms with Gasteiger partial charge in [-0.15, -0.1) is 11.8 Å². The molecule has 1 amide bonds. The second-order valence-corrected chi connectivity index (χ2v) is 5.51. The van der Waals surface area contributed by atoms with E-state index in [0.29, 0.717) is 18.7 Å². The van der Waals surface area contributed by atoms with E-state index in [2.05, 4.69) is 5.32 Å². The molecule has 0 radical (unpaired) electrons. The van der Waals surface area contributed by atoms with E-state index < -0.39 is 5.97 Å². The van der Waals surface area contributed by atoms with E-state index in [1.807, 2.05) is 32.0 Å². The fourth-order valence-electron chi connectivity index (χ4n) is 1.65. The highest BCUT2D eigenvalue weighted by atomic mass is 32.2. The van der Waals surface area contributed by atoms with Crippen LogP contribution >= 0.6 is 11.8 Å². The molecule has 0 aliphatic carbocycles. The number of carbonyl (C=O) groups excluding carboxylic acids is 1. The first-order valence-electron chi connectivity index (χ1n) is 6.11. The Morgan fingerprint density at radius 1 is 1.32 bits per heavy atom. The summed E-state index contributed by atoms with van der Waals surface area (Å²) in [7, 11) is 0. The van der Waals surface area contributed by atoms with E-state index in [9.17, 15) is 9.59 Å². The van der Waals surface area contributed by atoms with Gasteiger partial charge in [0, 0.05) is 12.3 Å². The van der Waals surface area contributed by atoms with Gasteiger partial charge in [0.25, 0.3) is 0 Å². The van der Waals surface area contributed by atoms with Crippen molar-refractivity contribution in [3.63, 3.8) is 0 Å². The van der Waals surface area contributed by atoms with Crippen LogP contribution in [0.1, 0.15) is 16.7 Å². The van der Waals surface area contributed by atoms with Gasteiger partial charge in [0.05, 0.1) is 12.2 Å². The summed E-state index contributed by atoms with van der Waals surface area (Å²) in [6.45, 7) is 4.50. The van der Waals surface area contributed by atoms with Gasteiger partial charge in [-0.2, -0.15) is 0 Å². The number of aliphatic carboxylic acids is 1. The normalized spacial score (nSPS) is 10.2. The number of carboxylic acids is 1. The van der Waals surface area contributed by atoms with Crippen molar-refractivity contribution < 1.29 is 14.7 Å². The number of carbonyl (C=O) groups is 2. The van der Waals surface area contributed by atoms with Gasteiger partial charge in [0.2, 0.25) is 5.91 Å². The number of benzene rings is 1. The topological polar surface area (TPSA) is 66.4 Å². The van der Waals surface area contributed by atoms with Gasteiger partial charge in [-0.05, 0) is 25.0 Å². The Morgan fingerprint density at radius 2 is 2.05 bits per heavy atom. The van der Waals surface area contributed by atoms with Crippen LogP contribution in [0.3, 0.4) is 0 Å². The molecular weight excluding hydrogens is 262 g/mol. The third-order valence-electron chi connectivity index (χ3n) is 2.65. The second kappa shape index (κ2) is 7.84. The maximum Gasteiger partial charge on any atom is 0.313 e. The van der Waals surface area contributed by atoms with Crippen LogP contribution in [0.25, 0.3) is 0 Å². The number of aryl methyl sites for hydroxylation is 2. The molecule has 0 unspecified atom stereocenters. The minimum Gasteiger partial charge on any atom is -0.481 e. The monoisotopic (exact) mass is 281 g/mol. The van der Waals surface area contributed by atoms with E-state index >= 15 is 0 Å². The van der Waals surface area contributed by atoms with Crippen LogP contribution in [0.5, 0.6) is 0 Å². The van der Waals surface area contributed by atoms with Crippen molar-refractivity contribution >= 4 is 23.6 Å². The third kappa shape index (κ3) is 6.29. The zero-order valence-electron chi connectivity index (χ0n) is 11.2. The predicted molar refractivity (Wildman–Crippen MR) is 77.6 cm³/mol. The Bertz CT molecular complexity index is 460. The Kier molecular flexibility index (Phi) is 6.42. The first-order chi connectivity index (χ1) is 8.99. The third-order valence-corrected chi connectivity index (χ3v) is 3.59. The number of hydrogen-bond acceptors (Lipinski definition) is 3. The number of thioether (sulfide) groups is 1. The summed E-state index contributed by atoms with van der Waals surface area (Å²) in [5.41, 5.74) is 3.29. The van der Waals surface area contributed by atoms with Crippen molar-refractivity contribution in [2.45, 2.75) is 20.3 Å². The summed E-state index contributed by atoms with van der Waals surface area (Å²) in [4.78, 5) is 22.0. The van der Waals surface area contributed by atoms with E-state index in [1.54, 1.807) is 0 Å². The molecule has 1 aromatic carbocycles. The highest BCUT2D eigenvalue weighted by Gasteiger charge is 2.06. The Morgan fingerprint density at radius 3 is 2.74 bits per heavy atom. The Balaban J connectivity index is 2.31. The maximum absolute atomic E-state index is 11.7. The van der Waals surface area contributed by atoms with Gasteiger partial charge >= 0.3 is 5.97 Å². The zero-order chi connectivity index (χ0) is 14.3. The lowest BCUT2D eigenvalue weighted by Gasteiger charge is -2.08. The molecule has 4 nitrogen and oxygen atoms in total. The lowest BCUT2D eigenvalue weighted by atomic mass is 10.0. The minimum absolute atomic E-state index is 0.0235. The van der Waals surface area contributed by atoms with Gasteiger partial charge in [-0.1, -0.05) is 23.8 Å². The fraction of sp³-hybridized carbons (Fsp3) is 0.429. The molecule has 2 N–H and O–H groups in total. The van der Waals surface area contributed by atoms with Crippen molar-refractivity contribution in [3.8, 4) is 0 Å². The first kappa shape index (κ1) is 15.6. The molecule has 0 heterocycles. The highest BCUT2D eigenvalue weighted by Crippen LogP contribution is 2.11. The Hall–Kier alpha value is -1.49. The largest absolute Gasteiger partial charge is 0.481 e. The smallest absolute Gasteiger partial charge is 0.313 e. The molecule has 104 valence electrons. The van der Waals surface area contributed by atoms with Crippen LogP contribution < -0.4 is 5.32 Å². The van der Waals surface area contributed by atoms with Gasteiger partial charge < -0.3 is 10.4 Å². The van der Waals surface area contributed by atoms with Gasteiger partial charge in [0.1, 0.15) is 0 Å². The van der Waals surface area contributed by atoms with Crippen molar-refractivity contribution in [1.82, 2.24) is 5.32 Å². The van der Waals surface area contributed by atoms with Crippen LogP contribution in [0.4, 0.5) is 0 Å². The van der Waals surface area contributed by atoms with Crippen LogP contribution in [0.15, 0.2) is 18.2 Å². The van der Waals surface area contributed by atoms with Crippen molar-refractivity contribution in [1.29, 1.82) is 0 Å². The lowest BCUT2D eigenvalue weighted by molar-refractivity contribution is -0.133. The molecule has 1 aromatic rings. The van der Waals surface area contributed by atoms with E-state index in [-0.39, 0.29) is 11.7 Å². The lowest BCUT2D eigenvalue weighted by Crippen LogP contribution is -2.27. The molecule has 0 spiro atoms. The zero-order valence-corrected chi connectivity index (χ0v) is 12.0. The van der Waals surface area contributed by atoms with Crippen LogP contribution in [0.2, 0.25) is 0 Å². The molecular formula is C14H19NO3S. The van der Waals surface area contributed by atoms with Crippen molar-refractivity contribution in [2.24, 2.45) is 0 Å². The van der Waals surface area contributed by atoms with Gasteiger partial charge in [-0.25, -0.2) is 0 Å². The number of nitrogens with one attached hydrogen (secondary N) is 1. The number of hydrogen-bond donors (Lipinski definition) is 2.